The van der Waals surface area contributed by atoms with Crippen LogP contribution in [-0.2, 0) is 10.0 Å². The summed E-state index contributed by atoms with van der Waals surface area (Å²) in [6.07, 6.45) is 2.22. The van der Waals surface area contributed by atoms with Gasteiger partial charge >= 0.3 is 5.97 Å². The Morgan fingerprint density at radius 1 is 1.33 bits per heavy atom. The predicted molar refractivity (Wildman–Crippen MR) is 74.2 cm³/mol. The number of sulfonamides is 1. The zero-order valence-electron chi connectivity index (χ0n) is 11.4. The van der Waals surface area contributed by atoms with Gasteiger partial charge in [0.25, 0.3) is 0 Å². The minimum Gasteiger partial charge on any atom is -0.478 e. The van der Waals surface area contributed by atoms with Crippen LogP contribution in [0.3, 0.4) is 0 Å². The van der Waals surface area contributed by atoms with Gasteiger partial charge in [0.1, 0.15) is 10.7 Å². The molecule has 0 amide bonds. The van der Waals surface area contributed by atoms with Crippen LogP contribution in [0.1, 0.15) is 23.2 Å². The quantitative estimate of drug-likeness (QED) is 0.814. The van der Waals surface area contributed by atoms with Crippen molar-refractivity contribution in [2.45, 2.75) is 17.7 Å². The van der Waals surface area contributed by atoms with E-state index in [9.17, 15) is 17.6 Å². The summed E-state index contributed by atoms with van der Waals surface area (Å²) >= 11 is 0. The number of halogens is 1. The van der Waals surface area contributed by atoms with Gasteiger partial charge in [-0.25, -0.2) is 22.3 Å². The summed E-state index contributed by atoms with van der Waals surface area (Å²) in [6.45, 7) is 2.67. The summed E-state index contributed by atoms with van der Waals surface area (Å²) in [7, 11) is -3.97. The van der Waals surface area contributed by atoms with Crippen molar-refractivity contribution in [2.75, 3.05) is 26.2 Å². The molecule has 1 fully saturated rings. The van der Waals surface area contributed by atoms with Gasteiger partial charge in [-0.05, 0) is 44.1 Å². The summed E-state index contributed by atoms with van der Waals surface area (Å²) in [6, 6.07) is 2.74. The molecule has 6 nitrogen and oxygen atoms in total. The van der Waals surface area contributed by atoms with Gasteiger partial charge in [0, 0.05) is 13.1 Å². The van der Waals surface area contributed by atoms with E-state index in [1.165, 1.54) is 0 Å². The smallest absolute Gasteiger partial charge is 0.335 e. The molecule has 116 valence electrons. The van der Waals surface area contributed by atoms with Crippen molar-refractivity contribution in [1.82, 2.24) is 9.62 Å². The molecule has 0 bridgehead atoms. The lowest BCUT2D eigenvalue weighted by molar-refractivity contribution is 0.0696. The van der Waals surface area contributed by atoms with Crippen molar-refractivity contribution in [1.29, 1.82) is 0 Å². The first-order valence-corrected chi connectivity index (χ1v) is 8.13. The molecule has 8 heteroatoms. The predicted octanol–water partition coefficient (Wildman–Crippen LogP) is 0.898. The van der Waals surface area contributed by atoms with Crippen LogP contribution in [0, 0.1) is 5.82 Å². The average molecular weight is 316 g/mol. The highest BCUT2D eigenvalue weighted by atomic mass is 32.2. The van der Waals surface area contributed by atoms with Crippen molar-refractivity contribution in [2.24, 2.45) is 0 Å². The molecule has 0 spiro atoms. The van der Waals surface area contributed by atoms with E-state index in [0.717, 1.165) is 38.1 Å². The number of rotatable bonds is 6. The monoisotopic (exact) mass is 316 g/mol. The van der Waals surface area contributed by atoms with Crippen LogP contribution < -0.4 is 4.72 Å². The molecule has 2 rings (SSSR count). The highest BCUT2D eigenvalue weighted by Gasteiger charge is 2.20. The lowest BCUT2D eigenvalue weighted by atomic mass is 10.2. The van der Waals surface area contributed by atoms with Gasteiger partial charge in [0.05, 0.1) is 5.56 Å². The number of benzene rings is 1. The van der Waals surface area contributed by atoms with Gasteiger partial charge in [-0.1, -0.05) is 0 Å². The van der Waals surface area contributed by atoms with Crippen LogP contribution in [0.25, 0.3) is 0 Å². The molecule has 0 atom stereocenters. The second-order valence-electron chi connectivity index (χ2n) is 4.90. The number of likely N-dealkylation sites (tertiary alicyclic amines) is 1. The van der Waals surface area contributed by atoms with Crippen LogP contribution in [0.2, 0.25) is 0 Å². The van der Waals surface area contributed by atoms with E-state index < -0.39 is 26.7 Å². The molecule has 1 saturated heterocycles. The minimum absolute atomic E-state index is 0.197. The minimum atomic E-state index is -3.97. The first kappa shape index (κ1) is 15.9. The molecule has 1 aromatic rings. The van der Waals surface area contributed by atoms with Gasteiger partial charge in [-0.3, -0.25) is 0 Å². The molecular weight excluding hydrogens is 299 g/mol. The second kappa shape index (κ2) is 6.50. The van der Waals surface area contributed by atoms with Gasteiger partial charge in [0.15, 0.2) is 0 Å². The maximum Gasteiger partial charge on any atom is 0.335 e. The molecule has 0 aliphatic carbocycles. The number of nitrogens with zero attached hydrogens (tertiary/aromatic N) is 1. The Bertz CT molecular complexity index is 627. The van der Waals surface area contributed by atoms with E-state index in [-0.39, 0.29) is 12.1 Å². The molecule has 0 radical (unpaired) electrons. The number of aromatic carboxylic acids is 1. The SMILES string of the molecule is O=C(O)c1ccc(S(=O)(=O)NCCN2CCCC2)c(F)c1. The maximum atomic E-state index is 13.7. The molecule has 0 aromatic heterocycles. The van der Waals surface area contributed by atoms with E-state index >= 15 is 0 Å². The zero-order valence-corrected chi connectivity index (χ0v) is 12.2. The fraction of sp³-hybridized carbons (Fsp3) is 0.462. The molecule has 1 aromatic carbocycles. The highest BCUT2D eigenvalue weighted by Crippen LogP contribution is 2.16. The molecule has 2 N–H and O–H groups in total. The Balaban J connectivity index is 2.03. The fourth-order valence-electron chi connectivity index (χ4n) is 2.27. The second-order valence-corrected chi connectivity index (χ2v) is 6.63. The summed E-state index contributed by atoms with van der Waals surface area (Å²) in [5.74, 6) is -2.37. The Morgan fingerprint density at radius 3 is 2.57 bits per heavy atom. The molecule has 0 unspecified atom stereocenters. The Labute approximate surface area is 122 Å². The Hall–Kier alpha value is -1.51. The lowest BCUT2D eigenvalue weighted by Gasteiger charge is -2.15. The van der Waals surface area contributed by atoms with Crippen molar-refractivity contribution >= 4 is 16.0 Å². The zero-order chi connectivity index (χ0) is 15.5. The van der Waals surface area contributed by atoms with E-state index in [2.05, 4.69) is 9.62 Å². The van der Waals surface area contributed by atoms with Gasteiger partial charge in [-0.15, -0.1) is 0 Å². The summed E-state index contributed by atoms with van der Waals surface area (Å²) in [4.78, 5) is 12.3. The van der Waals surface area contributed by atoms with Crippen LogP contribution in [0.5, 0.6) is 0 Å². The van der Waals surface area contributed by atoms with Crippen LogP contribution in [0.15, 0.2) is 23.1 Å². The third kappa shape index (κ3) is 3.99. The third-order valence-electron chi connectivity index (χ3n) is 3.39. The summed E-state index contributed by atoms with van der Waals surface area (Å²) < 4.78 is 40.1. The van der Waals surface area contributed by atoms with Crippen molar-refractivity contribution in [3.05, 3.63) is 29.6 Å². The van der Waals surface area contributed by atoms with Crippen molar-refractivity contribution < 1.29 is 22.7 Å². The van der Waals surface area contributed by atoms with Crippen molar-refractivity contribution in [3.63, 3.8) is 0 Å². The van der Waals surface area contributed by atoms with E-state index in [0.29, 0.717) is 12.6 Å². The van der Waals surface area contributed by atoms with Gasteiger partial charge in [0.2, 0.25) is 10.0 Å². The first-order chi connectivity index (χ1) is 9.90. The first-order valence-electron chi connectivity index (χ1n) is 6.65. The molecule has 0 saturated carbocycles. The molecule has 1 aliphatic rings. The number of nitrogens with one attached hydrogen (secondary N) is 1. The maximum absolute atomic E-state index is 13.7. The largest absolute Gasteiger partial charge is 0.478 e. The van der Waals surface area contributed by atoms with E-state index in [1.54, 1.807) is 0 Å². The summed E-state index contributed by atoms with van der Waals surface area (Å²) in [5, 5.41) is 8.73. The van der Waals surface area contributed by atoms with Crippen molar-refractivity contribution in [3.8, 4) is 0 Å². The highest BCUT2D eigenvalue weighted by molar-refractivity contribution is 7.89. The Morgan fingerprint density at radius 2 is 2.00 bits per heavy atom. The summed E-state index contributed by atoms with van der Waals surface area (Å²) in [5.41, 5.74) is -0.288. The number of carboxylic acids is 1. The number of hydrogen-bond acceptors (Lipinski definition) is 4. The average Bonchev–Trinajstić information content (AvgIpc) is 2.91. The third-order valence-corrected chi connectivity index (χ3v) is 4.88. The van der Waals surface area contributed by atoms with Gasteiger partial charge < -0.3 is 10.0 Å². The fourth-order valence-corrected chi connectivity index (χ4v) is 3.35. The van der Waals surface area contributed by atoms with Crippen LogP contribution in [-0.4, -0.2) is 50.6 Å². The van der Waals surface area contributed by atoms with Crippen LogP contribution in [0.4, 0.5) is 4.39 Å². The number of carbonyl (C=O) groups is 1. The molecular formula is C13H17FN2O4S. The molecule has 21 heavy (non-hydrogen) atoms. The van der Waals surface area contributed by atoms with Crippen LogP contribution >= 0.6 is 0 Å². The van der Waals surface area contributed by atoms with Gasteiger partial charge in [-0.2, -0.15) is 0 Å². The topological polar surface area (TPSA) is 86.7 Å². The normalized spacial score (nSPS) is 16.2. The number of hydrogen-bond donors (Lipinski definition) is 2. The molecule has 1 aliphatic heterocycles. The van der Waals surface area contributed by atoms with E-state index in [1.807, 2.05) is 0 Å². The van der Waals surface area contributed by atoms with E-state index in [4.69, 9.17) is 5.11 Å². The number of carboxylic acid groups (broad SMARTS) is 1. The standard InChI is InChI=1S/C13H17FN2O4S/c14-11-9-10(13(17)18)3-4-12(11)21(19,20)15-5-8-16-6-1-2-7-16/h3-4,9,15H,1-2,5-8H2,(H,17,18). The lowest BCUT2D eigenvalue weighted by Crippen LogP contribution is -2.33. The molecule has 1 heterocycles. The Kier molecular flexibility index (Phi) is 4.92.